The van der Waals surface area contributed by atoms with Crippen molar-refractivity contribution in [1.82, 2.24) is 20.1 Å². The van der Waals surface area contributed by atoms with Crippen molar-refractivity contribution in [2.24, 2.45) is 4.99 Å². The zero-order valence-electron chi connectivity index (χ0n) is 24.2. The molecule has 1 aliphatic heterocycles. The summed E-state index contributed by atoms with van der Waals surface area (Å²) < 4.78 is 2.06. The number of pyridine rings is 1. The largest absolute Gasteiger partial charge is 0.345 e. The van der Waals surface area contributed by atoms with Crippen LogP contribution in [0.3, 0.4) is 0 Å². The Morgan fingerprint density at radius 2 is 1.85 bits per heavy atom. The Labute approximate surface area is 245 Å². The summed E-state index contributed by atoms with van der Waals surface area (Å²) in [5.41, 5.74) is 10.9. The van der Waals surface area contributed by atoms with Gasteiger partial charge in [-0.3, -0.25) is 9.48 Å². The van der Waals surface area contributed by atoms with E-state index in [1.54, 1.807) is 11.3 Å². The highest BCUT2D eigenvalue weighted by Crippen LogP contribution is 2.38. The lowest BCUT2D eigenvalue weighted by molar-refractivity contribution is 0.0938. The van der Waals surface area contributed by atoms with E-state index in [0.717, 1.165) is 72.6 Å². The molecule has 0 spiro atoms. The van der Waals surface area contributed by atoms with Crippen molar-refractivity contribution in [3.05, 3.63) is 86.0 Å². The van der Waals surface area contributed by atoms with Gasteiger partial charge in [-0.2, -0.15) is 5.10 Å². The first kappa shape index (κ1) is 26.3. The molecular weight excluding hydrogens is 526 g/mol. The van der Waals surface area contributed by atoms with E-state index in [1.165, 1.54) is 51.1 Å². The highest BCUT2D eigenvalue weighted by atomic mass is 32.1. The molecule has 0 fully saturated rings. The highest BCUT2D eigenvalue weighted by Gasteiger charge is 2.27. The molecule has 4 aromatic rings. The Kier molecular flexibility index (Phi) is 6.86. The normalized spacial score (nSPS) is 18.0. The highest BCUT2D eigenvalue weighted by molar-refractivity contribution is 7.14. The average molecular weight is 564 g/mol. The van der Waals surface area contributed by atoms with Crippen LogP contribution in [0.4, 0.5) is 5.82 Å². The van der Waals surface area contributed by atoms with Crippen LogP contribution in [-0.4, -0.2) is 26.4 Å². The molecule has 4 heterocycles. The second-order valence-electron chi connectivity index (χ2n) is 12.0. The SMILES string of the molecule is Cc1c(C2=Nc3nccc(-c4ccc5c(c4)CCCC[C@H]5NC(=O)c4cc5c(s4)CCCC5)c3C2)cnn1C(C)C. The van der Waals surface area contributed by atoms with Crippen LogP contribution in [0.25, 0.3) is 11.1 Å². The number of amides is 1. The van der Waals surface area contributed by atoms with Crippen LogP contribution >= 0.6 is 11.3 Å². The van der Waals surface area contributed by atoms with Crippen LogP contribution in [0.5, 0.6) is 0 Å². The standard InChI is InChI=1S/C34H37N5OS/c1-20(2)39-21(3)28(19-36-39)30-18-27-25(14-15-35-33(27)37-30)23-12-13-26-22(16-23)8-4-6-10-29(26)38-34(40)32-17-24-9-5-7-11-31(24)41-32/h12-17,19-20,29H,4-11,18H2,1-3H3,(H,38,40)/t29-/m1/s1. The summed E-state index contributed by atoms with van der Waals surface area (Å²) in [5, 5.41) is 8.03. The summed E-state index contributed by atoms with van der Waals surface area (Å²) in [6.45, 7) is 6.42. The van der Waals surface area contributed by atoms with Crippen LogP contribution in [0, 0.1) is 6.92 Å². The molecular formula is C34H37N5OS. The van der Waals surface area contributed by atoms with Gasteiger partial charge in [-0.1, -0.05) is 24.6 Å². The number of aryl methyl sites for hydroxylation is 3. The number of carbonyl (C=O) groups excluding carboxylic acids is 1. The molecule has 1 aromatic carbocycles. The van der Waals surface area contributed by atoms with Gasteiger partial charge in [0, 0.05) is 40.4 Å². The summed E-state index contributed by atoms with van der Waals surface area (Å²) in [6, 6.07) is 11.4. The summed E-state index contributed by atoms with van der Waals surface area (Å²) in [5.74, 6) is 0.895. The molecule has 1 amide bonds. The Morgan fingerprint density at radius 3 is 2.68 bits per heavy atom. The van der Waals surface area contributed by atoms with Crippen LogP contribution in [-0.2, 0) is 25.7 Å². The summed E-state index contributed by atoms with van der Waals surface area (Å²) in [6.07, 6.45) is 13.5. The van der Waals surface area contributed by atoms with Crippen molar-refractivity contribution in [2.45, 2.75) is 90.6 Å². The molecule has 0 unspecified atom stereocenters. The molecule has 1 N–H and O–H groups in total. The van der Waals surface area contributed by atoms with Gasteiger partial charge in [-0.25, -0.2) is 9.98 Å². The Hall–Kier alpha value is -3.58. The van der Waals surface area contributed by atoms with E-state index in [1.807, 2.05) is 12.4 Å². The van der Waals surface area contributed by atoms with E-state index < -0.39 is 0 Å². The fourth-order valence-corrected chi connectivity index (χ4v) is 8.03. The number of benzene rings is 1. The summed E-state index contributed by atoms with van der Waals surface area (Å²) in [4.78, 5) is 25.2. The van der Waals surface area contributed by atoms with E-state index in [9.17, 15) is 4.79 Å². The molecule has 0 saturated heterocycles. The number of carbonyl (C=O) groups is 1. The van der Waals surface area contributed by atoms with Crippen LogP contribution in [0.1, 0.15) is 106 Å². The third kappa shape index (κ3) is 4.84. The second-order valence-corrected chi connectivity index (χ2v) is 13.2. The predicted octanol–water partition coefficient (Wildman–Crippen LogP) is 7.65. The van der Waals surface area contributed by atoms with E-state index in [0.29, 0.717) is 6.04 Å². The van der Waals surface area contributed by atoms with Crippen LogP contribution in [0.15, 0.2) is 47.7 Å². The molecule has 0 saturated carbocycles. The van der Waals surface area contributed by atoms with Gasteiger partial charge in [0.1, 0.15) is 0 Å². The molecule has 3 aromatic heterocycles. The van der Waals surface area contributed by atoms with E-state index >= 15 is 0 Å². The van der Waals surface area contributed by atoms with Gasteiger partial charge in [0.15, 0.2) is 5.82 Å². The summed E-state index contributed by atoms with van der Waals surface area (Å²) >= 11 is 1.70. The van der Waals surface area contributed by atoms with Gasteiger partial charge in [0.05, 0.1) is 22.8 Å². The first-order chi connectivity index (χ1) is 20.0. The minimum atomic E-state index is 0.0479. The molecule has 3 aliphatic rings. The van der Waals surface area contributed by atoms with Crippen LogP contribution in [0.2, 0.25) is 0 Å². The lowest BCUT2D eigenvalue weighted by Gasteiger charge is -2.20. The maximum Gasteiger partial charge on any atom is 0.261 e. The van der Waals surface area contributed by atoms with E-state index in [-0.39, 0.29) is 11.9 Å². The molecule has 6 nitrogen and oxygen atoms in total. The number of nitrogens with zero attached hydrogens (tertiary/aromatic N) is 4. The molecule has 0 bridgehead atoms. The smallest absolute Gasteiger partial charge is 0.261 e. The quantitative estimate of drug-likeness (QED) is 0.254. The van der Waals surface area contributed by atoms with Crippen LogP contribution < -0.4 is 5.32 Å². The fourth-order valence-electron chi connectivity index (χ4n) is 6.87. The van der Waals surface area contributed by atoms with Crippen molar-refractivity contribution in [1.29, 1.82) is 0 Å². The van der Waals surface area contributed by atoms with Crippen molar-refractivity contribution < 1.29 is 4.79 Å². The number of aromatic nitrogens is 3. The number of thiophene rings is 1. The molecule has 1 atom stereocenters. The number of fused-ring (bicyclic) bond motifs is 3. The van der Waals surface area contributed by atoms with E-state index in [2.05, 4.69) is 71.2 Å². The van der Waals surface area contributed by atoms with Crippen molar-refractivity contribution in [2.75, 3.05) is 0 Å². The number of hydrogen-bond acceptors (Lipinski definition) is 5. The topological polar surface area (TPSA) is 72.2 Å². The minimum Gasteiger partial charge on any atom is -0.345 e. The predicted molar refractivity (Wildman–Crippen MR) is 166 cm³/mol. The molecule has 2 aliphatic carbocycles. The van der Waals surface area contributed by atoms with Gasteiger partial charge in [-0.15, -0.1) is 11.3 Å². The summed E-state index contributed by atoms with van der Waals surface area (Å²) in [7, 11) is 0. The Morgan fingerprint density at radius 1 is 1.02 bits per heavy atom. The maximum absolute atomic E-state index is 13.4. The zero-order valence-corrected chi connectivity index (χ0v) is 25.0. The van der Waals surface area contributed by atoms with Gasteiger partial charge in [0.25, 0.3) is 5.91 Å². The molecule has 0 radical (unpaired) electrons. The molecule has 41 heavy (non-hydrogen) atoms. The van der Waals surface area contributed by atoms with Gasteiger partial charge in [0.2, 0.25) is 0 Å². The first-order valence-corrected chi connectivity index (χ1v) is 15.9. The third-order valence-corrected chi connectivity index (χ3v) is 10.2. The molecule has 7 rings (SSSR count). The minimum absolute atomic E-state index is 0.0479. The molecule has 210 valence electrons. The number of hydrogen-bond donors (Lipinski definition) is 1. The lowest BCUT2D eigenvalue weighted by atomic mass is 9.91. The monoisotopic (exact) mass is 563 g/mol. The fraction of sp³-hybridized carbons (Fsp3) is 0.412. The van der Waals surface area contributed by atoms with Gasteiger partial charge >= 0.3 is 0 Å². The van der Waals surface area contributed by atoms with Crippen molar-refractivity contribution in [3.63, 3.8) is 0 Å². The second kappa shape index (κ2) is 10.7. The third-order valence-electron chi connectivity index (χ3n) is 9.01. The Balaban J connectivity index is 1.15. The Bertz CT molecular complexity index is 1650. The number of nitrogens with one attached hydrogen (secondary N) is 1. The number of aliphatic imine (C=N–C) groups is 1. The van der Waals surface area contributed by atoms with Gasteiger partial charge < -0.3 is 5.32 Å². The van der Waals surface area contributed by atoms with Gasteiger partial charge in [-0.05, 0) is 106 Å². The van der Waals surface area contributed by atoms with E-state index in [4.69, 9.17) is 4.99 Å². The molecule has 7 heteroatoms. The maximum atomic E-state index is 13.4. The van der Waals surface area contributed by atoms with Crippen molar-refractivity contribution in [3.8, 4) is 11.1 Å². The lowest BCUT2D eigenvalue weighted by Crippen LogP contribution is -2.28. The number of rotatable bonds is 5. The first-order valence-electron chi connectivity index (χ1n) is 15.1. The van der Waals surface area contributed by atoms with Crippen molar-refractivity contribution >= 4 is 28.8 Å². The average Bonchev–Trinajstić information content (AvgIpc) is 3.67. The zero-order chi connectivity index (χ0) is 28.1.